The molecule has 3 aromatic rings. The van der Waals surface area contributed by atoms with Crippen LogP contribution in [0, 0.1) is 29.6 Å². The zero-order valence-electron chi connectivity index (χ0n) is 65.6. The number of aliphatic carboxylic acids is 1. The Labute approximate surface area is 643 Å². The highest BCUT2D eigenvalue weighted by atomic mass is 16.4. The summed E-state index contributed by atoms with van der Waals surface area (Å²) in [5, 5.41) is 52.4. The van der Waals surface area contributed by atoms with Crippen LogP contribution >= 0.6 is 0 Å². The fourth-order valence-electron chi connectivity index (χ4n) is 12.0. The van der Waals surface area contributed by atoms with Crippen molar-refractivity contribution in [2.24, 2.45) is 52.5 Å². The number of phenolic OH excluding ortho intramolecular Hbond substituents is 1. The maximum Gasteiger partial charge on any atom is 0.303 e. The quantitative estimate of drug-likeness (QED) is 0.0328. The molecule has 0 fully saturated rings. The molecule has 0 aliphatic heterocycles. The molecule has 2 aromatic carbocycles. The molecule has 0 spiro atoms. The Balaban J connectivity index is 1.97. The predicted octanol–water partition coefficient (Wildman–Crippen LogP) is -0.118. The number of aromatic nitrogens is 1. The zero-order valence-corrected chi connectivity index (χ0v) is 65.6. The number of para-hydroxylation sites is 1. The third-order valence-corrected chi connectivity index (χ3v) is 18.3. The SMILES string of the molecule is CC[C@H](C)[C@H](NC(=O)[C@H](Cc1ccc(O)cc1)NC(=O)[C@H](CCCCN)NC(=O)[C@H](CCCCN)NC(=O)[C@@H](NC(=O)[C@H](CC(C)C)NCC(C)=O)C(C)C)C(=O)N[C@@H](CC(C)C)C(=O)N[C@@H](C)C(=O)N[C@@H](CC(C)C)C(=O)N[C@@H](Cc1c[nH]c2ccccc12)C(=O)N[C@@H](CC(N)=O)C(=O)N[C@@H](CCC(=O)O)C(N)=O. The Morgan fingerprint density at radius 2 is 0.882 bits per heavy atom. The van der Waals surface area contributed by atoms with E-state index >= 15 is 0 Å². The molecular formula is C76H121N17O17. The van der Waals surface area contributed by atoms with E-state index in [1.165, 1.54) is 38.1 Å². The highest BCUT2D eigenvalue weighted by molar-refractivity contribution is 6.00. The fourth-order valence-corrected chi connectivity index (χ4v) is 12.0. The van der Waals surface area contributed by atoms with Gasteiger partial charge in [-0.1, -0.05) is 106 Å². The molecule has 0 unspecified atom stereocenters. The monoisotopic (exact) mass is 1540 g/mol. The first kappa shape index (κ1) is 94.1. The molecule has 0 aliphatic carbocycles. The van der Waals surface area contributed by atoms with Crippen molar-refractivity contribution in [2.45, 2.75) is 252 Å². The number of hydrogen-bond donors (Lipinski definition) is 19. The van der Waals surface area contributed by atoms with Crippen LogP contribution in [0.5, 0.6) is 5.75 Å². The molecule has 13 amide bonds. The number of aromatic amines is 1. The third-order valence-electron chi connectivity index (χ3n) is 18.3. The van der Waals surface area contributed by atoms with E-state index in [1.807, 2.05) is 13.8 Å². The van der Waals surface area contributed by atoms with Crippen LogP contribution in [0.3, 0.4) is 0 Å². The lowest BCUT2D eigenvalue weighted by molar-refractivity contribution is -0.138. The average Bonchev–Trinajstić information content (AvgIpc) is 1.62. The van der Waals surface area contributed by atoms with Gasteiger partial charge in [0.15, 0.2) is 0 Å². The van der Waals surface area contributed by atoms with Gasteiger partial charge in [-0.2, -0.15) is 0 Å². The molecule has 0 saturated carbocycles. The van der Waals surface area contributed by atoms with Gasteiger partial charge < -0.3 is 96.6 Å². The van der Waals surface area contributed by atoms with Crippen LogP contribution in [-0.4, -0.2) is 196 Å². The van der Waals surface area contributed by atoms with E-state index < -0.39 is 186 Å². The minimum atomic E-state index is -1.76. The number of primary amides is 2. The second-order valence-corrected chi connectivity index (χ2v) is 29.9. The van der Waals surface area contributed by atoms with Crippen LogP contribution in [0.4, 0.5) is 0 Å². The summed E-state index contributed by atoms with van der Waals surface area (Å²) in [5.74, 6) is -14.6. The molecule has 0 radical (unpaired) electrons. The van der Waals surface area contributed by atoms with E-state index in [2.05, 4.69) is 68.8 Å². The van der Waals surface area contributed by atoms with Gasteiger partial charge in [-0.3, -0.25) is 77.2 Å². The lowest BCUT2D eigenvalue weighted by Crippen LogP contribution is -2.62. The van der Waals surface area contributed by atoms with Crippen molar-refractivity contribution in [1.82, 2.24) is 68.8 Å². The van der Waals surface area contributed by atoms with Crippen LogP contribution in [0.15, 0.2) is 54.7 Å². The van der Waals surface area contributed by atoms with E-state index in [0.29, 0.717) is 60.6 Å². The average molecular weight is 1540 g/mol. The molecule has 0 saturated heterocycles. The van der Waals surface area contributed by atoms with Gasteiger partial charge in [-0.15, -0.1) is 0 Å². The number of aromatic hydroxyl groups is 1. The van der Waals surface area contributed by atoms with Crippen LogP contribution in [-0.2, 0) is 84.8 Å². The molecule has 13 atom stereocenters. The number of nitrogens with one attached hydrogen (secondary N) is 13. The van der Waals surface area contributed by atoms with Crippen molar-refractivity contribution in [3.8, 4) is 5.75 Å². The molecule has 1 heterocycles. The summed E-state index contributed by atoms with van der Waals surface area (Å²) in [6.45, 7) is 20.9. The summed E-state index contributed by atoms with van der Waals surface area (Å²) in [6.07, 6.45) is 1.64. The zero-order chi connectivity index (χ0) is 82.6. The van der Waals surface area contributed by atoms with E-state index in [4.69, 9.17) is 22.9 Å². The van der Waals surface area contributed by atoms with Crippen molar-refractivity contribution < 1.29 is 82.1 Å². The highest BCUT2D eigenvalue weighted by Gasteiger charge is 2.39. The number of carboxylic acids is 1. The molecule has 34 nitrogen and oxygen atoms in total. The Bertz CT molecular complexity index is 3590. The van der Waals surface area contributed by atoms with Crippen LogP contribution < -0.4 is 86.7 Å². The molecule has 34 heteroatoms. The number of nitrogens with two attached hydrogens (primary N) is 4. The third kappa shape index (κ3) is 33.4. The minimum absolute atomic E-state index is 0.00668. The molecule has 0 bridgehead atoms. The van der Waals surface area contributed by atoms with Gasteiger partial charge in [-0.05, 0) is 150 Å². The maximum absolute atomic E-state index is 14.9. The number of carbonyl (C=O) groups is 15. The summed E-state index contributed by atoms with van der Waals surface area (Å²) >= 11 is 0. The maximum atomic E-state index is 14.9. The topological polar surface area (TPSA) is 561 Å². The van der Waals surface area contributed by atoms with E-state index in [1.54, 1.807) is 85.9 Å². The summed E-state index contributed by atoms with van der Waals surface area (Å²) in [4.78, 5) is 209. The lowest BCUT2D eigenvalue weighted by atomic mass is 9.95. The number of phenols is 1. The molecule has 23 N–H and O–H groups in total. The number of H-pyrrole nitrogens is 1. The van der Waals surface area contributed by atoms with Gasteiger partial charge in [0.25, 0.3) is 0 Å². The summed E-state index contributed by atoms with van der Waals surface area (Å²) in [5.41, 5.74) is 24.3. The number of Topliss-reactive ketones (excluding diaryl/α,β-unsaturated/α-hetero) is 1. The first-order valence-corrected chi connectivity index (χ1v) is 37.9. The smallest absolute Gasteiger partial charge is 0.303 e. The number of rotatable bonds is 52. The number of carboxylic acid groups (broad SMARTS) is 1. The molecule has 110 heavy (non-hydrogen) atoms. The molecular weight excluding hydrogens is 1420 g/mol. The van der Waals surface area contributed by atoms with Crippen molar-refractivity contribution in [3.63, 3.8) is 0 Å². The van der Waals surface area contributed by atoms with Gasteiger partial charge in [0.2, 0.25) is 76.8 Å². The Hall–Kier alpha value is -10.1. The van der Waals surface area contributed by atoms with E-state index in [9.17, 15) is 82.1 Å². The van der Waals surface area contributed by atoms with E-state index in [0.717, 1.165) is 0 Å². The van der Waals surface area contributed by atoms with Gasteiger partial charge in [0.1, 0.15) is 78.0 Å². The largest absolute Gasteiger partial charge is 0.508 e. The summed E-state index contributed by atoms with van der Waals surface area (Å²) in [7, 11) is 0. The summed E-state index contributed by atoms with van der Waals surface area (Å²) < 4.78 is 0. The van der Waals surface area contributed by atoms with E-state index in [-0.39, 0.29) is 87.4 Å². The Morgan fingerprint density at radius 3 is 1.39 bits per heavy atom. The van der Waals surface area contributed by atoms with Crippen LogP contribution in [0.1, 0.15) is 178 Å². The Kier molecular flexibility index (Phi) is 40.9. The van der Waals surface area contributed by atoms with Crippen LogP contribution in [0.25, 0.3) is 10.9 Å². The van der Waals surface area contributed by atoms with Crippen LogP contribution in [0.2, 0.25) is 0 Å². The molecule has 3 rings (SSSR count). The lowest BCUT2D eigenvalue weighted by Gasteiger charge is -2.30. The predicted molar refractivity (Wildman–Crippen MR) is 412 cm³/mol. The molecule has 0 aliphatic rings. The molecule has 1 aromatic heterocycles. The van der Waals surface area contributed by atoms with Gasteiger partial charge in [0.05, 0.1) is 19.0 Å². The second-order valence-electron chi connectivity index (χ2n) is 29.9. The fraction of sp³-hybridized carbons (Fsp3) is 0.618. The number of benzene rings is 2. The number of ketones is 1. The van der Waals surface area contributed by atoms with Crippen molar-refractivity contribution in [1.29, 1.82) is 0 Å². The van der Waals surface area contributed by atoms with Crippen molar-refractivity contribution in [2.75, 3.05) is 19.6 Å². The van der Waals surface area contributed by atoms with Gasteiger partial charge in [-0.25, -0.2) is 0 Å². The normalized spacial score (nSPS) is 15.0. The Morgan fingerprint density at radius 1 is 0.455 bits per heavy atom. The van der Waals surface area contributed by atoms with Crippen molar-refractivity contribution >= 4 is 99.4 Å². The number of hydrogen-bond acceptors (Lipinski definition) is 19. The number of carbonyl (C=O) groups excluding carboxylic acids is 14. The van der Waals surface area contributed by atoms with Gasteiger partial charge >= 0.3 is 5.97 Å². The number of fused-ring (bicyclic) bond motifs is 1. The number of unbranched alkanes of at least 4 members (excludes halogenated alkanes) is 2. The highest BCUT2D eigenvalue weighted by Crippen LogP contribution is 2.22. The standard InChI is InChI=1S/C76H121N17O17/c1-13-44(10)64(93-74(108)58(35-47-24-26-49(95)27-25-47)88-68(102)53(22-16-18-30-77)85-67(101)54(23-17-19-31-78)86-75(109)63(43(8)9)92-69(103)55(32-40(2)3)81-38-45(11)94)76(110)91-56(33-41(4)5)70(104)83-46(12)66(100)87-57(34-42(6)7)71(105)89-59(36-48-39-82-51-21-15-14-20-50(48)51)72(106)90-60(37-61(79)96)73(107)84-52(65(80)99)28-29-62(97)98/h14-15,20-21,24-27,39-44,46,52-60,63-64,81-82,95H,13,16-19,22-23,28-38,77-78H2,1-12H3,(H2,79,96)(H2,80,99)(H,83,104)(H,84,107)(H,85,101)(H,86,109)(H,87,100)(H,88,102)(H,89,105)(H,90,106)(H,91,110)(H,92,103)(H,93,108)(H,97,98)/t44-,46-,52-,53-,54-,55-,56-,57-,58-,59-,60-,63-,64-/m0/s1. The number of amides is 13. The first-order chi connectivity index (χ1) is 51.8. The summed E-state index contributed by atoms with van der Waals surface area (Å²) in [6, 6.07) is -3.55. The van der Waals surface area contributed by atoms with Crippen molar-refractivity contribution in [3.05, 3.63) is 65.9 Å². The minimum Gasteiger partial charge on any atom is -0.508 e. The van der Waals surface area contributed by atoms with Gasteiger partial charge in [0, 0.05) is 36.4 Å². The first-order valence-electron chi connectivity index (χ1n) is 37.9. The second kappa shape index (κ2) is 47.8. The molecule has 612 valence electrons.